The van der Waals surface area contributed by atoms with Gasteiger partial charge >= 0.3 is 0 Å². The predicted molar refractivity (Wildman–Crippen MR) is 94.3 cm³/mol. The van der Waals surface area contributed by atoms with Crippen molar-refractivity contribution in [3.05, 3.63) is 48.0 Å². The molecule has 128 valence electrons. The Bertz CT molecular complexity index is 636. The van der Waals surface area contributed by atoms with Crippen molar-refractivity contribution in [2.75, 3.05) is 13.1 Å². The van der Waals surface area contributed by atoms with Crippen LogP contribution in [-0.4, -0.2) is 29.8 Å². The molecule has 1 aliphatic carbocycles. The molecule has 1 saturated heterocycles. The molecular formula is C20H26N2O2. The quantitative estimate of drug-likeness (QED) is 0.846. The number of hydrogen-bond donors (Lipinski definition) is 1. The second-order valence-electron chi connectivity index (χ2n) is 7.00. The summed E-state index contributed by atoms with van der Waals surface area (Å²) in [5, 5.41) is 2.88. The number of rotatable bonds is 5. The fraction of sp³-hybridized carbons (Fsp3) is 0.500. The molecule has 2 aliphatic rings. The van der Waals surface area contributed by atoms with Crippen molar-refractivity contribution in [3.8, 4) is 0 Å². The maximum absolute atomic E-state index is 12.8. The SMILES string of the molecule is C=CCNC(=O)[C@@H]1CC[C@@H](c2cccc(C)c2)N(C(=O)C2CC2)C1. The largest absolute Gasteiger partial charge is 0.352 e. The first-order valence-corrected chi connectivity index (χ1v) is 8.85. The highest BCUT2D eigenvalue weighted by atomic mass is 16.2. The minimum atomic E-state index is -0.117. The number of aryl methyl sites for hydroxylation is 1. The first kappa shape index (κ1) is 16.7. The molecule has 24 heavy (non-hydrogen) atoms. The van der Waals surface area contributed by atoms with Gasteiger partial charge < -0.3 is 10.2 Å². The second-order valence-corrected chi connectivity index (χ2v) is 7.00. The Morgan fingerprint density at radius 2 is 2.00 bits per heavy atom. The molecule has 1 saturated carbocycles. The van der Waals surface area contributed by atoms with Gasteiger partial charge in [0.05, 0.1) is 12.0 Å². The second kappa shape index (κ2) is 7.20. The summed E-state index contributed by atoms with van der Waals surface area (Å²) >= 11 is 0. The molecule has 0 unspecified atom stereocenters. The third-order valence-corrected chi connectivity index (χ3v) is 5.01. The van der Waals surface area contributed by atoms with Crippen molar-refractivity contribution in [1.82, 2.24) is 10.2 Å². The van der Waals surface area contributed by atoms with Crippen LogP contribution in [0.2, 0.25) is 0 Å². The number of nitrogens with zero attached hydrogens (tertiary/aromatic N) is 1. The molecule has 0 bridgehead atoms. The van der Waals surface area contributed by atoms with Crippen LogP contribution >= 0.6 is 0 Å². The zero-order chi connectivity index (χ0) is 17.1. The van der Waals surface area contributed by atoms with Crippen LogP contribution in [0.5, 0.6) is 0 Å². The number of nitrogens with one attached hydrogen (secondary N) is 1. The van der Waals surface area contributed by atoms with Gasteiger partial charge in [-0.05, 0) is 38.2 Å². The first-order valence-electron chi connectivity index (χ1n) is 8.85. The number of likely N-dealkylation sites (tertiary alicyclic amines) is 1. The Morgan fingerprint density at radius 3 is 2.67 bits per heavy atom. The molecule has 1 aromatic carbocycles. The Balaban J connectivity index is 1.78. The molecule has 2 fully saturated rings. The van der Waals surface area contributed by atoms with Gasteiger partial charge in [0.15, 0.2) is 0 Å². The van der Waals surface area contributed by atoms with Crippen LogP contribution in [0.3, 0.4) is 0 Å². The highest BCUT2D eigenvalue weighted by Crippen LogP contribution is 2.39. The predicted octanol–water partition coefficient (Wildman–Crippen LogP) is 2.99. The Kier molecular flexibility index (Phi) is 5.03. The zero-order valence-electron chi connectivity index (χ0n) is 14.3. The molecule has 1 aromatic rings. The Labute approximate surface area is 143 Å². The van der Waals surface area contributed by atoms with Crippen molar-refractivity contribution < 1.29 is 9.59 Å². The van der Waals surface area contributed by atoms with Crippen LogP contribution in [0.4, 0.5) is 0 Å². The van der Waals surface area contributed by atoms with E-state index in [2.05, 4.69) is 37.0 Å². The molecule has 1 N–H and O–H groups in total. The van der Waals surface area contributed by atoms with Gasteiger partial charge in [-0.2, -0.15) is 0 Å². The van der Waals surface area contributed by atoms with Crippen LogP contribution in [0.15, 0.2) is 36.9 Å². The third-order valence-electron chi connectivity index (χ3n) is 5.01. The number of hydrogen-bond acceptors (Lipinski definition) is 2. The van der Waals surface area contributed by atoms with E-state index in [4.69, 9.17) is 0 Å². The number of carbonyl (C=O) groups excluding carboxylic acids is 2. The molecule has 1 aliphatic heterocycles. The average molecular weight is 326 g/mol. The molecule has 0 spiro atoms. The summed E-state index contributed by atoms with van der Waals surface area (Å²) < 4.78 is 0. The highest BCUT2D eigenvalue weighted by molar-refractivity contribution is 5.84. The van der Waals surface area contributed by atoms with Gasteiger partial charge in [-0.3, -0.25) is 9.59 Å². The molecular weight excluding hydrogens is 300 g/mol. The maximum atomic E-state index is 12.8. The molecule has 0 aromatic heterocycles. The van der Waals surface area contributed by atoms with Gasteiger partial charge in [-0.15, -0.1) is 6.58 Å². The molecule has 2 amide bonds. The van der Waals surface area contributed by atoms with Crippen molar-refractivity contribution in [2.24, 2.45) is 11.8 Å². The van der Waals surface area contributed by atoms with Gasteiger partial charge in [-0.25, -0.2) is 0 Å². The van der Waals surface area contributed by atoms with E-state index in [0.717, 1.165) is 25.7 Å². The van der Waals surface area contributed by atoms with Gasteiger partial charge in [0.2, 0.25) is 11.8 Å². The Hall–Kier alpha value is -2.10. The van der Waals surface area contributed by atoms with E-state index in [1.807, 2.05) is 11.0 Å². The van der Waals surface area contributed by atoms with E-state index >= 15 is 0 Å². The summed E-state index contributed by atoms with van der Waals surface area (Å²) in [4.78, 5) is 27.1. The Morgan fingerprint density at radius 1 is 1.25 bits per heavy atom. The summed E-state index contributed by atoms with van der Waals surface area (Å²) in [7, 11) is 0. The lowest BCUT2D eigenvalue weighted by Gasteiger charge is -2.40. The van der Waals surface area contributed by atoms with Crippen LogP contribution in [0, 0.1) is 18.8 Å². The van der Waals surface area contributed by atoms with E-state index in [1.54, 1.807) is 6.08 Å². The minimum Gasteiger partial charge on any atom is -0.352 e. The lowest BCUT2D eigenvalue weighted by molar-refractivity contribution is -0.140. The van der Waals surface area contributed by atoms with Gasteiger partial charge in [0, 0.05) is 19.0 Å². The van der Waals surface area contributed by atoms with Gasteiger partial charge in [0.25, 0.3) is 0 Å². The summed E-state index contributed by atoms with van der Waals surface area (Å²) in [6.07, 6.45) is 5.32. The topological polar surface area (TPSA) is 49.4 Å². The maximum Gasteiger partial charge on any atom is 0.226 e. The van der Waals surface area contributed by atoms with Gasteiger partial charge in [-0.1, -0.05) is 35.9 Å². The molecule has 2 atom stereocenters. The highest BCUT2D eigenvalue weighted by Gasteiger charge is 2.41. The monoisotopic (exact) mass is 326 g/mol. The molecule has 3 rings (SSSR count). The van der Waals surface area contributed by atoms with Crippen molar-refractivity contribution in [2.45, 2.75) is 38.6 Å². The summed E-state index contributed by atoms with van der Waals surface area (Å²) in [6, 6.07) is 8.48. The summed E-state index contributed by atoms with van der Waals surface area (Å²) in [5.74, 6) is 0.315. The van der Waals surface area contributed by atoms with E-state index in [1.165, 1.54) is 11.1 Å². The lowest BCUT2D eigenvalue weighted by Crippen LogP contribution is -2.47. The fourth-order valence-corrected chi connectivity index (χ4v) is 3.53. The van der Waals surface area contributed by atoms with E-state index < -0.39 is 0 Å². The van der Waals surface area contributed by atoms with E-state index in [9.17, 15) is 9.59 Å². The molecule has 1 heterocycles. The van der Waals surface area contributed by atoms with Crippen molar-refractivity contribution in [1.29, 1.82) is 0 Å². The third kappa shape index (κ3) is 3.69. The summed E-state index contributed by atoms with van der Waals surface area (Å²) in [5.41, 5.74) is 2.39. The standard InChI is InChI=1S/C20H26N2O2/c1-3-11-21-19(23)17-9-10-18(16-6-4-5-14(2)12-16)22(13-17)20(24)15-7-8-15/h3-6,12,15,17-18H,1,7-11,13H2,2H3,(H,21,23)/t17-,18+/m1/s1. The number of carbonyl (C=O) groups is 2. The summed E-state index contributed by atoms with van der Waals surface area (Å²) in [6.45, 7) is 6.71. The normalized spacial score (nSPS) is 23.6. The molecule has 4 nitrogen and oxygen atoms in total. The molecule has 0 radical (unpaired) electrons. The minimum absolute atomic E-state index is 0.0335. The van der Waals surface area contributed by atoms with Crippen LogP contribution in [0.1, 0.15) is 42.9 Å². The zero-order valence-corrected chi connectivity index (χ0v) is 14.3. The van der Waals surface area contributed by atoms with Crippen LogP contribution < -0.4 is 5.32 Å². The number of amides is 2. The smallest absolute Gasteiger partial charge is 0.226 e. The number of piperidine rings is 1. The van der Waals surface area contributed by atoms with Crippen molar-refractivity contribution in [3.63, 3.8) is 0 Å². The van der Waals surface area contributed by atoms with E-state index in [-0.39, 0.29) is 29.7 Å². The first-order chi connectivity index (χ1) is 11.6. The lowest BCUT2D eigenvalue weighted by atomic mass is 9.87. The van der Waals surface area contributed by atoms with Gasteiger partial charge in [0.1, 0.15) is 0 Å². The van der Waals surface area contributed by atoms with Crippen LogP contribution in [0.25, 0.3) is 0 Å². The molecule has 4 heteroatoms. The average Bonchev–Trinajstić information content (AvgIpc) is 3.43. The fourth-order valence-electron chi connectivity index (χ4n) is 3.53. The van der Waals surface area contributed by atoms with E-state index in [0.29, 0.717) is 13.1 Å². The van der Waals surface area contributed by atoms with Crippen molar-refractivity contribution >= 4 is 11.8 Å². The number of benzene rings is 1. The van der Waals surface area contributed by atoms with Crippen LogP contribution in [-0.2, 0) is 9.59 Å².